The minimum absolute atomic E-state index is 0.0226. The van der Waals surface area contributed by atoms with Crippen molar-refractivity contribution >= 4 is 33.8 Å². The van der Waals surface area contributed by atoms with Gasteiger partial charge in [0.2, 0.25) is 0 Å². The van der Waals surface area contributed by atoms with Crippen LogP contribution >= 0.6 is 22.9 Å². The van der Waals surface area contributed by atoms with E-state index in [0.717, 1.165) is 35.4 Å². The van der Waals surface area contributed by atoms with Crippen LogP contribution in [0.5, 0.6) is 0 Å². The van der Waals surface area contributed by atoms with E-state index in [4.69, 9.17) is 11.6 Å². The van der Waals surface area contributed by atoms with Crippen molar-refractivity contribution in [3.8, 4) is 0 Å². The number of hydrogen-bond acceptors (Lipinski definition) is 3. The Morgan fingerprint density at radius 2 is 2.04 bits per heavy atom. The van der Waals surface area contributed by atoms with Crippen LogP contribution in [0.25, 0.3) is 0 Å². The van der Waals surface area contributed by atoms with Crippen molar-refractivity contribution in [2.24, 2.45) is 11.3 Å². The van der Waals surface area contributed by atoms with Crippen molar-refractivity contribution < 1.29 is 4.79 Å². The molecule has 138 valence electrons. The Hall–Kier alpha value is -1.52. The molecule has 2 heterocycles. The lowest BCUT2D eigenvalue weighted by Crippen LogP contribution is -2.38. The summed E-state index contributed by atoms with van der Waals surface area (Å²) in [6, 6.07) is 7.67. The molecule has 26 heavy (non-hydrogen) atoms. The summed E-state index contributed by atoms with van der Waals surface area (Å²) >= 11 is 8.09. The Kier molecular flexibility index (Phi) is 4.52. The van der Waals surface area contributed by atoms with Gasteiger partial charge in [0.15, 0.2) is 0 Å². The van der Waals surface area contributed by atoms with Gasteiger partial charge in [-0.1, -0.05) is 57.0 Å². The Balaban J connectivity index is 1.65. The molecule has 0 unspecified atom stereocenters. The van der Waals surface area contributed by atoms with Crippen LogP contribution in [0, 0.1) is 11.3 Å². The van der Waals surface area contributed by atoms with Gasteiger partial charge < -0.3 is 10.6 Å². The summed E-state index contributed by atoms with van der Waals surface area (Å²) in [5.41, 5.74) is 3.37. The van der Waals surface area contributed by atoms with Crippen molar-refractivity contribution in [1.29, 1.82) is 0 Å². The zero-order chi connectivity index (χ0) is 18.5. The molecule has 0 saturated carbocycles. The third-order valence-corrected chi connectivity index (χ3v) is 7.81. The minimum atomic E-state index is -0.272. The largest absolute Gasteiger partial charge is 0.353 e. The number of benzene rings is 1. The van der Waals surface area contributed by atoms with Crippen LogP contribution in [-0.4, -0.2) is 5.91 Å². The molecule has 1 aromatic carbocycles. The first-order valence-electron chi connectivity index (χ1n) is 9.37. The van der Waals surface area contributed by atoms with Gasteiger partial charge >= 0.3 is 0 Å². The van der Waals surface area contributed by atoms with Crippen LogP contribution in [0.15, 0.2) is 24.3 Å². The molecule has 0 saturated heterocycles. The average molecular weight is 389 g/mol. The van der Waals surface area contributed by atoms with Crippen molar-refractivity contribution in [1.82, 2.24) is 5.32 Å². The van der Waals surface area contributed by atoms with Gasteiger partial charge in [-0.3, -0.25) is 4.79 Å². The van der Waals surface area contributed by atoms with E-state index >= 15 is 0 Å². The highest BCUT2D eigenvalue weighted by atomic mass is 35.5. The van der Waals surface area contributed by atoms with Gasteiger partial charge in [0.05, 0.1) is 5.56 Å². The molecule has 0 spiro atoms. The van der Waals surface area contributed by atoms with E-state index < -0.39 is 0 Å². The predicted molar refractivity (Wildman–Crippen MR) is 109 cm³/mol. The lowest BCUT2D eigenvalue weighted by molar-refractivity contribution is 0.0934. The summed E-state index contributed by atoms with van der Waals surface area (Å²) in [6.07, 6.45) is 4.16. The van der Waals surface area contributed by atoms with Gasteiger partial charge in [0, 0.05) is 15.5 Å². The Labute approximate surface area is 164 Å². The van der Waals surface area contributed by atoms with Crippen molar-refractivity contribution in [3.05, 3.63) is 50.9 Å². The van der Waals surface area contributed by atoms with Gasteiger partial charge in [-0.25, -0.2) is 0 Å². The maximum absolute atomic E-state index is 12.9. The number of hydrogen-bond donors (Lipinski definition) is 2. The summed E-state index contributed by atoms with van der Waals surface area (Å²) in [5, 5.41) is 8.27. The second-order valence-corrected chi connectivity index (χ2v) is 9.57. The summed E-state index contributed by atoms with van der Waals surface area (Å²) in [6.45, 7) is 7.02. The summed E-state index contributed by atoms with van der Waals surface area (Å²) in [5.74, 6) is 0.705. The van der Waals surface area contributed by atoms with Crippen LogP contribution in [0.4, 0.5) is 5.00 Å². The van der Waals surface area contributed by atoms with Crippen LogP contribution in [0.3, 0.4) is 0 Å². The fourth-order valence-electron chi connectivity index (χ4n) is 4.12. The molecule has 0 bridgehead atoms. The monoisotopic (exact) mass is 388 g/mol. The molecule has 3 nitrogen and oxygen atoms in total. The molecule has 0 radical (unpaired) electrons. The number of rotatable bonds is 3. The summed E-state index contributed by atoms with van der Waals surface area (Å²) in [7, 11) is 0. The number of anilines is 1. The average Bonchev–Trinajstić information content (AvgIpc) is 3.00. The van der Waals surface area contributed by atoms with Crippen LogP contribution < -0.4 is 10.6 Å². The number of nitrogens with one attached hydrogen (secondary N) is 2. The first-order valence-corrected chi connectivity index (χ1v) is 10.6. The van der Waals surface area contributed by atoms with E-state index in [1.54, 1.807) is 11.3 Å². The summed E-state index contributed by atoms with van der Waals surface area (Å²) < 4.78 is 0. The second kappa shape index (κ2) is 6.58. The van der Waals surface area contributed by atoms with E-state index in [9.17, 15) is 4.79 Å². The van der Waals surface area contributed by atoms with Gasteiger partial charge in [-0.2, -0.15) is 0 Å². The van der Waals surface area contributed by atoms with Gasteiger partial charge in [0.25, 0.3) is 5.91 Å². The first kappa shape index (κ1) is 17.9. The van der Waals surface area contributed by atoms with Crippen molar-refractivity contribution in [2.75, 3.05) is 5.32 Å². The van der Waals surface area contributed by atoms with Gasteiger partial charge in [0.1, 0.15) is 11.2 Å². The SMILES string of the molecule is CCC(C)(C)[C@H]1CCc2c(sc3c2C(=O)N[C@H](c2ccccc2Cl)N3)C1. The number of fused-ring (bicyclic) bond motifs is 3. The first-order chi connectivity index (χ1) is 12.4. The molecule has 2 aliphatic rings. The number of carbonyl (C=O) groups is 1. The molecule has 2 N–H and O–H groups in total. The van der Waals surface area contributed by atoms with E-state index in [2.05, 4.69) is 31.4 Å². The molecular weight excluding hydrogens is 364 g/mol. The number of thiophene rings is 1. The summed E-state index contributed by atoms with van der Waals surface area (Å²) in [4.78, 5) is 14.2. The number of halogens is 1. The molecule has 1 aliphatic heterocycles. The van der Waals surface area contributed by atoms with Crippen LogP contribution in [0.2, 0.25) is 5.02 Å². The number of amides is 1. The highest BCUT2D eigenvalue weighted by Crippen LogP contribution is 2.47. The molecule has 1 amide bonds. The normalized spacial score (nSPS) is 22.2. The molecule has 1 aliphatic carbocycles. The Morgan fingerprint density at radius 1 is 1.27 bits per heavy atom. The quantitative estimate of drug-likeness (QED) is 0.697. The van der Waals surface area contributed by atoms with Crippen molar-refractivity contribution in [3.63, 3.8) is 0 Å². The highest BCUT2D eigenvalue weighted by Gasteiger charge is 2.37. The predicted octanol–water partition coefficient (Wildman–Crippen LogP) is 5.80. The van der Waals surface area contributed by atoms with Gasteiger partial charge in [-0.05, 0) is 42.2 Å². The molecule has 0 fully saturated rings. The van der Waals surface area contributed by atoms with Crippen LogP contribution in [0.1, 0.15) is 66.1 Å². The molecule has 2 aromatic rings. The lowest BCUT2D eigenvalue weighted by atomic mass is 9.69. The van der Waals surface area contributed by atoms with E-state index in [1.807, 2.05) is 24.3 Å². The van der Waals surface area contributed by atoms with Gasteiger partial charge in [-0.15, -0.1) is 11.3 Å². The highest BCUT2D eigenvalue weighted by molar-refractivity contribution is 7.16. The van der Waals surface area contributed by atoms with Crippen LogP contribution in [-0.2, 0) is 12.8 Å². The maximum Gasteiger partial charge on any atom is 0.256 e. The Bertz CT molecular complexity index is 858. The van der Waals surface area contributed by atoms with E-state index in [1.165, 1.54) is 16.9 Å². The zero-order valence-electron chi connectivity index (χ0n) is 15.5. The fraction of sp³-hybridized carbons (Fsp3) is 0.476. The van der Waals surface area contributed by atoms with E-state index in [-0.39, 0.29) is 12.1 Å². The molecular formula is C21H25ClN2OS. The third kappa shape index (κ3) is 2.93. The topological polar surface area (TPSA) is 41.1 Å². The second-order valence-electron chi connectivity index (χ2n) is 8.06. The fourth-order valence-corrected chi connectivity index (χ4v) is 5.72. The minimum Gasteiger partial charge on any atom is -0.353 e. The van der Waals surface area contributed by atoms with Crippen molar-refractivity contribution in [2.45, 2.75) is 52.6 Å². The zero-order valence-corrected chi connectivity index (χ0v) is 17.1. The smallest absolute Gasteiger partial charge is 0.256 e. The maximum atomic E-state index is 12.9. The Morgan fingerprint density at radius 3 is 2.77 bits per heavy atom. The molecule has 5 heteroatoms. The number of carbonyl (C=O) groups excluding carboxylic acids is 1. The molecule has 1 aromatic heterocycles. The third-order valence-electron chi connectivity index (χ3n) is 6.28. The standard InChI is InChI=1S/C21H25ClN2OS/c1-4-21(2,3)12-9-10-14-16(11-12)26-20-17(14)19(25)23-18(24-20)13-7-5-6-8-15(13)22/h5-8,12,18,24H,4,9-11H2,1-3H3,(H,23,25)/t12-,18-/m0/s1. The van der Waals surface area contributed by atoms with E-state index in [0.29, 0.717) is 16.4 Å². The molecule has 2 atom stereocenters. The lowest BCUT2D eigenvalue weighted by Gasteiger charge is -2.36. The molecule has 4 rings (SSSR count).